The van der Waals surface area contributed by atoms with Crippen LogP contribution in [0.2, 0.25) is 5.02 Å². The molecule has 2 aromatic carbocycles. The Kier molecular flexibility index (Phi) is 6.46. The fourth-order valence-corrected chi connectivity index (χ4v) is 5.05. The van der Waals surface area contributed by atoms with Crippen LogP contribution in [-0.4, -0.2) is 33.9 Å². The highest BCUT2D eigenvalue weighted by molar-refractivity contribution is 6.30. The van der Waals surface area contributed by atoms with Crippen molar-refractivity contribution < 1.29 is 9.59 Å². The fraction of sp³-hybridized carbons (Fsp3) is 0.357. The summed E-state index contributed by atoms with van der Waals surface area (Å²) in [6.45, 7) is 2.24. The Labute approximate surface area is 205 Å². The molecule has 1 unspecified atom stereocenters. The summed E-state index contributed by atoms with van der Waals surface area (Å²) in [5, 5.41) is 0.658. The molecule has 2 heterocycles. The van der Waals surface area contributed by atoms with Gasteiger partial charge in [-0.3, -0.25) is 14.5 Å². The standard InChI is InChI=1S/C28H30ClN3O2/c1-2-3-4-11-26(33)31(22-16-17-22)19-27(34)32-24-9-6-5-8-23(24)30-18-7-10-25(30)28(32)20-12-14-21(29)15-13-20/h5-10,12-15,18,22,28H,2-4,11,16-17,19H2,1H3. The maximum atomic E-state index is 14.0. The zero-order valence-corrected chi connectivity index (χ0v) is 20.2. The number of anilines is 1. The van der Waals surface area contributed by atoms with E-state index in [2.05, 4.69) is 17.6 Å². The number of aromatic nitrogens is 1. The molecule has 176 valence electrons. The van der Waals surface area contributed by atoms with E-state index in [0.29, 0.717) is 11.4 Å². The molecule has 0 N–H and O–H groups in total. The number of unbranched alkanes of at least 4 members (excludes halogenated alkanes) is 2. The third kappa shape index (κ3) is 4.37. The van der Waals surface area contributed by atoms with Gasteiger partial charge in [-0.1, -0.05) is 55.6 Å². The number of benzene rings is 2. The van der Waals surface area contributed by atoms with Crippen LogP contribution in [0.25, 0.3) is 5.69 Å². The van der Waals surface area contributed by atoms with Crippen LogP contribution in [0, 0.1) is 0 Å². The van der Waals surface area contributed by atoms with Crippen LogP contribution in [0.3, 0.4) is 0 Å². The van der Waals surface area contributed by atoms with E-state index in [1.54, 1.807) is 0 Å². The molecule has 5 rings (SSSR count). The number of hydrogen-bond acceptors (Lipinski definition) is 2. The lowest BCUT2D eigenvalue weighted by Gasteiger charge is -2.39. The van der Waals surface area contributed by atoms with Crippen molar-refractivity contribution in [3.05, 3.63) is 83.1 Å². The first-order valence-electron chi connectivity index (χ1n) is 12.2. The zero-order chi connectivity index (χ0) is 23.7. The van der Waals surface area contributed by atoms with E-state index in [4.69, 9.17) is 11.6 Å². The van der Waals surface area contributed by atoms with Crippen LogP contribution in [-0.2, 0) is 9.59 Å². The van der Waals surface area contributed by atoms with Gasteiger partial charge >= 0.3 is 0 Å². The third-order valence-corrected chi connectivity index (χ3v) is 7.03. The summed E-state index contributed by atoms with van der Waals surface area (Å²) in [6, 6.07) is 19.6. The number of fused-ring (bicyclic) bond motifs is 3. The van der Waals surface area contributed by atoms with E-state index in [9.17, 15) is 9.59 Å². The molecule has 34 heavy (non-hydrogen) atoms. The van der Waals surface area contributed by atoms with Crippen molar-refractivity contribution in [2.24, 2.45) is 0 Å². The number of para-hydroxylation sites is 2. The predicted octanol–water partition coefficient (Wildman–Crippen LogP) is 6.14. The first kappa shape index (κ1) is 22.7. The van der Waals surface area contributed by atoms with Crippen LogP contribution < -0.4 is 4.90 Å². The number of halogens is 1. The van der Waals surface area contributed by atoms with Gasteiger partial charge in [0.15, 0.2) is 0 Å². The Morgan fingerprint density at radius 2 is 1.71 bits per heavy atom. The normalized spacial score (nSPS) is 16.6. The Balaban J connectivity index is 1.51. The smallest absolute Gasteiger partial charge is 0.247 e. The van der Waals surface area contributed by atoms with Crippen molar-refractivity contribution in [2.45, 2.75) is 57.5 Å². The van der Waals surface area contributed by atoms with Crippen molar-refractivity contribution in [3.63, 3.8) is 0 Å². The number of carbonyl (C=O) groups excluding carboxylic acids is 2. The molecule has 0 spiro atoms. The Morgan fingerprint density at radius 3 is 2.41 bits per heavy atom. The monoisotopic (exact) mass is 475 g/mol. The molecule has 6 heteroatoms. The fourth-order valence-electron chi connectivity index (χ4n) is 4.92. The van der Waals surface area contributed by atoms with Crippen LogP contribution in [0.4, 0.5) is 5.69 Å². The molecule has 5 nitrogen and oxygen atoms in total. The molecule has 1 saturated carbocycles. The maximum absolute atomic E-state index is 14.0. The lowest BCUT2D eigenvalue weighted by Crippen LogP contribution is -2.47. The van der Waals surface area contributed by atoms with Gasteiger partial charge < -0.3 is 9.47 Å². The number of hydrogen-bond donors (Lipinski definition) is 0. The van der Waals surface area contributed by atoms with Gasteiger partial charge in [-0.05, 0) is 61.2 Å². The van der Waals surface area contributed by atoms with Gasteiger partial charge in [0, 0.05) is 23.7 Å². The average molecular weight is 476 g/mol. The van der Waals surface area contributed by atoms with Crippen molar-refractivity contribution in [1.29, 1.82) is 0 Å². The second-order valence-corrected chi connectivity index (χ2v) is 9.66. The van der Waals surface area contributed by atoms with Crippen molar-refractivity contribution >= 4 is 29.1 Å². The Bertz CT molecular complexity index is 1180. The highest BCUT2D eigenvalue weighted by Gasteiger charge is 2.39. The van der Waals surface area contributed by atoms with E-state index in [0.717, 1.165) is 54.7 Å². The predicted molar refractivity (Wildman–Crippen MR) is 135 cm³/mol. The van der Waals surface area contributed by atoms with Crippen molar-refractivity contribution in [3.8, 4) is 5.69 Å². The average Bonchev–Trinajstić information content (AvgIpc) is 3.57. The molecule has 1 aliphatic carbocycles. The molecule has 0 radical (unpaired) electrons. The Morgan fingerprint density at radius 1 is 0.971 bits per heavy atom. The van der Waals surface area contributed by atoms with E-state index in [1.807, 2.05) is 70.6 Å². The summed E-state index contributed by atoms with van der Waals surface area (Å²) in [7, 11) is 0. The van der Waals surface area contributed by atoms with Crippen LogP contribution in [0.15, 0.2) is 66.9 Å². The van der Waals surface area contributed by atoms with Gasteiger partial charge in [-0.2, -0.15) is 0 Å². The summed E-state index contributed by atoms with van der Waals surface area (Å²) in [6.07, 6.45) is 7.49. The molecule has 2 aliphatic rings. The molecular formula is C28H30ClN3O2. The SMILES string of the molecule is CCCCCC(=O)N(CC(=O)N1c2ccccc2-n2cccc2C1c1ccc(Cl)cc1)C1CC1. The molecule has 1 atom stereocenters. The summed E-state index contributed by atoms with van der Waals surface area (Å²) >= 11 is 6.18. The maximum Gasteiger partial charge on any atom is 0.247 e. The molecule has 1 fully saturated rings. The summed E-state index contributed by atoms with van der Waals surface area (Å²) in [5.74, 6) is 0.0385. The van der Waals surface area contributed by atoms with Crippen molar-refractivity contribution in [2.75, 3.05) is 11.4 Å². The van der Waals surface area contributed by atoms with Gasteiger partial charge in [-0.25, -0.2) is 0 Å². The molecule has 1 aliphatic heterocycles. The summed E-state index contributed by atoms with van der Waals surface area (Å²) < 4.78 is 2.15. The largest absolute Gasteiger partial charge is 0.330 e. The quantitative estimate of drug-likeness (QED) is 0.367. The molecular weight excluding hydrogens is 446 g/mol. The highest BCUT2D eigenvalue weighted by atomic mass is 35.5. The van der Waals surface area contributed by atoms with E-state index >= 15 is 0 Å². The number of rotatable bonds is 8. The molecule has 0 bridgehead atoms. The van der Waals surface area contributed by atoms with Gasteiger partial charge in [0.05, 0.1) is 17.1 Å². The molecule has 2 amide bonds. The second-order valence-electron chi connectivity index (χ2n) is 9.22. The van der Waals surface area contributed by atoms with E-state index in [1.165, 1.54) is 0 Å². The zero-order valence-electron chi connectivity index (χ0n) is 19.5. The minimum atomic E-state index is -0.300. The first-order chi connectivity index (χ1) is 16.6. The van der Waals surface area contributed by atoms with E-state index < -0.39 is 0 Å². The molecule has 0 saturated heterocycles. The number of amides is 2. The minimum absolute atomic E-state index is 0.0596. The van der Waals surface area contributed by atoms with Crippen LogP contribution in [0.5, 0.6) is 0 Å². The van der Waals surface area contributed by atoms with Crippen molar-refractivity contribution in [1.82, 2.24) is 9.47 Å². The molecule has 1 aromatic heterocycles. The second kappa shape index (κ2) is 9.67. The summed E-state index contributed by atoms with van der Waals surface area (Å²) in [5.41, 5.74) is 3.82. The first-order valence-corrected chi connectivity index (χ1v) is 12.6. The highest BCUT2D eigenvalue weighted by Crippen LogP contribution is 2.42. The van der Waals surface area contributed by atoms with Gasteiger partial charge in [0.2, 0.25) is 11.8 Å². The number of carbonyl (C=O) groups is 2. The topological polar surface area (TPSA) is 45.6 Å². The third-order valence-electron chi connectivity index (χ3n) is 6.78. The Hall–Kier alpha value is -3.05. The lowest BCUT2D eigenvalue weighted by molar-refractivity contribution is -0.136. The molecule has 3 aromatic rings. The minimum Gasteiger partial charge on any atom is -0.330 e. The lowest BCUT2D eigenvalue weighted by atomic mass is 9.97. The van der Waals surface area contributed by atoms with E-state index in [-0.39, 0.29) is 30.4 Å². The van der Waals surface area contributed by atoms with Gasteiger partial charge in [-0.15, -0.1) is 0 Å². The van der Waals surface area contributed by atoms with Crippen LogP contribution >= 0.6 is 11.6 Å². The number of nitrogens with zero attached hydrogens (tertiary/aromatic N) is 3. The van der Waals surface area contributed by atoms with Gasteiger partial charge in [0.25, 0.3) is 0 Å². The van der Waals surface area contributed by atoms with Crippen LogP contribution in [0.1, 0.15) is 62.7 Å². The van der Waals surface area contributed by atoms with Gasteiger partial charge in [0.1, 0.15) is 12.6 Å². The summed E-state index contributed by atoms with van der Waals surface area (Å²) in [4.78, 5) is 30.8.